The van der Waals surface area contributed by atoms with Gasteiger partial charge in [0.05, 0.1) is 18.6 Å². The van der Waals surface area contributed by atoms with Gasteiger partial charge >= 0.3 is 0 Å². The summed E-state index contributed by atoms with van der Waals surface area (Å²) in [6.07, 6.45) is 0. The molecule has 7 nitrogen and oxygen atoms in total. The zero-order valence-corrected chi connectivity index (χ0v) is 20.4. The van der Waals surface area contributed by atoms with Crippen LogP contribution in [0.3, 0.4) is 0 Å². The number of methoxy groups -OCH3 is 1. The van der Waals surface area contributed by atoms with Gasteiger partial charge in [-0.3, -0.25) is 4.79 Å². The van der Waals surface area contributed by atoms with Gasteiger partial charge < -0.3 is 24.5 Å². The molecular weight excluding hydrogens is 486 g/mol. The van der Waals surface area contributed by atoms with E-state index in [0.717, 1.165) is 27.6 Å². The molecule has 9 heteroatoms. The number of amides is 1. The molecule has 0 spiro atoms. The van der Waals surface area contributed by atoms with Gasteiger partial charge in [0.1, 0.15) is 29.8 Å². The maximum atomic E-state index is 12.7. The van der Waals surface area contributed by atoms with Crippen LogP contribution in [0.25, 0.3) is 22.6 Å². The molecule has 1 aromatic heterocycles. The Morgan fingerprint density at radius 1 is 1.03 bits per heavy atom. The molecule has 1 aliphatic heterocycles. The molecule has 1 amide bonds. The van der Waals surface area contributed by atoms with Crippen molar-refractivity contribution in [3.8, 4) is 39.9 Å². The first-order valence-corrected chi connectivity index (χ1v) is 12.3. The fourth-order valence-corrected chi connectivity index (χ4v) is 4.55. The van der Waals surface area contributed by atoms with Crippen LogP contribution in [0.5, 0.6) is 17.2 Å². The van der Waals surface area contributed by atoms with E-state index in [9.17, 15) is 4.79 Å². The number of imidazole rings is 1. The number of nitrogens with one attached hydrogen (secondary N) is 2. The number of H-pyrrole nitrogens is 1. The van der Waals surface area contributed by atoms with Crippen LogP contribution in [0, 0.1) is 0 Å². The number of nitrogens with zero attached hydrogens (tertiary/aromatic N) is 1. The summed E-state index contributed by atoms with van der Waals surface area (Å²) < 4.78 is 16.4. The summed E-state index contributed by atoms with van der Waals surface area (Å²) in [4.78, 5) is 20.9. The highest BCUT2D eigenvalue weighted by Crippen LogP contribution is 2.35. The van der Waals surface area contributed by atoms with E-state index in [-0.39, 0.29) is 11.7 Å². The van der Waals surface area contributed by atoms with Crippen LogP contribution in [0.1, 0.15) is 0 Å². The van der Waals surface area contributed by atoms with Gasteiger partial charge in [-0.1, -0.05) is 23.4 Å². The number of hydrogen-bond acceptors (Lipinski definition) is 6. The predicted octanol–water partition coefficient (Wildman–Crippen LogP) is 5.91. The van der Waals surface area contributed by atoms with Gasteiger partial charge in [0.15, 0.2) is 11.5 Å². The molecule has 0 saturated heterocycles. The number of anilines is 1. The summed E-state index contributed by atoms with van der Waals surface area (Å²) in [5.74, 6) is 2.80. The van der Waals surface area contributed by atoms with Crippen molar-refractivity contribution in [2.75, 3.05) is 31.4 Å². The average Bonchev–Trinajstić information content (AvgIpc) is 3.32. The second-order valence-electron chi connectivity index (χ2n) is 7.70. The summed E-state index contributed by atoms with van der Waals surface area (Å²) in [5, 5.41) is 4.29. The molecule has 178 valence electrons. The Hall–Kier alpha value is -3.62. The number of carbonyl (C=O) groups excluding carboxylic acids is 1. The number of aromatic nitrogens is 2. The number of hydrogen-bond donors (Lipinski definition) is 2. The van der Waals surface area contributed by atoms with Gasteiger partial charge in [-0.05, 0) is 60.7 Å². The van der Waals surface area contributed by atoms with Crippen LogP contribution in [0.15, 0.2) is 71.8 Å². The first-order chi connectivity index (χ1) is 17.1. The van der Waals surface area contributed by atoms with Crippen molar-refractivity contribution in [3.63, 3.8) is 0 Å². The van der Waals surface area contributed by atoms with Crippen LogP contribution >= 0.6 is 23.4 Å². The minimum absolute atomic E-state index is 0.150. The van der Waals surface area contributed by atoms with E-state index in [1.165, 1.54) is 11.8 Å². The highest BCUT2D eigenvalue weighted by Gasteiger charge is 2.17. The van der Waals surface area contributed by atoms with Crippen molar-refractivity contribution in [2.45, 2.75) is 5.03 Å². The molecule has 0 unspecified atom stereocenters. The zero-order chi connectivity index (χ0) is 24.2. The summed E-state index contributed by atoms with van der Waals surface area (Å²) in [6, 6.07) is 20.5. The molecule has 0 atom stereocenters. The summed E-state index contributed by atoms with van der Waals surface area (Å²) in [6.45, 7) is 1.01. The Labute approximate surface area is 211 Å². The van der Waals surface area contributed by atoms with Crippen molar-refractivity contribution in [1.82, 2.24) is 9.97 Å². The van der Waals surface area contributed by atoms with E-state index in [1.54, 1.807) is 25.3 Å². The molecule has 0 bridgehead atoms. The fourth-order valence-electron chi connectivity index (χ4n) is 3.61. The first-order valence-electron chi connectivity index (χ1n) is 10.9. The highest BCUT2D eigenvalue weighted by atomic mass is 35.5. The molecule has 1 aliphatic rings. The van der Waals surface area contributed by atoms with Gasteiger partial charge in [0, 0.05) is 27.9 Å². The lowest BCUT2D eigenvalue weighted by Gasteiger charge is -2.19. The van der Waals surface area contributed by atoms with Crippen molar-refractivity contribution in [2.24, 2.45) is 0 Å². The minimum atomic E-state index is -0.150. The average molecular weight is 508 g/mol. The van der Waals surface area contributed by atoms with Crippen molar-refractivity contribution in [3.05, 3.63) is 71.8 Å². The van der Waals surface area contributed by atoms with Gasteiger partial charge in [-0.25, -0.2) is 4.98 Å². The molecule has 2 N–H and O–H groups in total. The number of aromatic amines is 1. The molecule has 35 heavy (non-hydrogen) atoms. The van der Waals surface area contributed by atoms with Crippen LogP contribution in [-0.4, -0.2) is 42.0 Å². The Balaban J connectivity index is 1.35. The lowest BCUT2D eigenvalue weighted by molar-refractivity contribution is -0.113. The SMILES string of the molecule is COc1ccc(-c2[nH]c(-c3ccc(Cl)cc3)nc2SCC(=O)Nc2ccc3c(c2)OCCO3)cc1. The van der Waals surface area contributed by atoms with Crippen molar-refractivity contribution in [1.29, 1.82) is 0 Å². The number of fused-ring (bicyclic) bond motifs is 1. The number of ether oxygens (including phenoxy) is 3. The van der Waals surface area contributed by atoms with E-state index < -0.39 is 0 Å². The molecule has 3 aromatic carbocycles. The molecule has 0 fully saturated rings. The first kappa shape index (κ1) is 23.1. The van der Waals surface area contributed by atoms with Crippen LogP contribution < -0.4 is 19.5 Å². The number of halogens is 1. The highest BCUT2D eigenvalue weighted by molar-refractivity contribution is 8.00. The molecule has 0 radical (unpaired) electrons. The fraction of sp³-hybridized carbons (Fsp3) is 0.154. The maximum Gasteiger partial charge on any atom is 0.234 e. The monoisotopic (exact) mass is 507 g/mol. The Morgan fingerprint density at radius 2 is 1.74 bits per heavy atom. The Bertz CT molecular complexity index is 1340. The second kappa shape index (κ2) is 10.3. The predicted molar refractivity (Wildman–Crippen MR) is 138 cm³/mol. The summed E-state index contributed by atoms with van der Waals surface area (Å²) in [7, 11) is 1.63. The third kappa shape index (κ3) is 5.39. The van der Waals surface area contributed by atoms with Crippen molar-refractivity contribution >= 4 is 35.0 Å². The molecule has 0 aliphatic carbocycles. The minimum Gasteiger partial charge on any atom is -0.497 e. The zero-order valence-electron chi connectivity index (χ0n) is 18.8. The smallest absolute Gasteiger partial charge is 0.234 e. The van der Waals surface area contributed by atoms with E-state index >= 15 is 0 Å². The molecule has 0 saturated carbocycles. The Kier molecular flexibility index (Phi) is 6.83. The topological polar surface area (TPSA) is 85.5 Å². The van der Waals surface area contributed by atoms with E-state index in [2.05, 4.69) is 10.3 Å². The summed E-state index contributed by atoms with van der Waals surface area (Å²) in [5.41, 5.74) is 3.32. The lowest BCUT2D eigenvalue weighted by atomic mass is 10.1. The molecule has 2 heterocycles. The van der Waals surface area contributed by atoms with Crippen LogP contribution in [0.4, 0.5) is 5.69 Å². The van der Waals surface area contributed by atoms with Gasteiger partial charge in [-0.15, -0.1) is 0 Å². The lowest BCUT2D eigenvalue weighted by Crippen LogP contribution is -2.17. The molecule has 5 rings (SSSR count). The number of carbonyl (C=O) groups is 1. The standard InChI is InChI=1S/C26H22ClN3O4S/c1-32-20-9-4-16(5-10-20)24-26(30-25(29-24)17-2-6-18(27)7-3-17)35-15-23(31)28-19-8-11-21-22(14-19)34-13-12-33-21/h2-11,14H,12-13,15H2,1H3,(H,28,31)(H,29,30). The maximum absolute atomic E-state index is 12.7. The molecular formula is C26H22ClN3O4S. The largest absolute Gasteiger partial charge is 0.497 e. The number of benzene rings is 3. The second-order valence-corrected chi connectivity index (χ2v) is 9.10. The third-order valence-electron chi connectivity index (χ3n) is 5.33. The van der Waals surface area contributed by atoms with Crippen molar-refractivity contribution < 1.29 is 19.0 Å². The normalized spacial score (nSPS) is 12.3. The van der Waals surface area contributed by atoms with Gasteiger partial charge in [0.2, 0.25) is 5.91 Å². The van der Waals surface area contributed by atoms with E-state index in [4.69, 9.17) is 30.8 Å². The Morgan fingerprint density at radius 3 is 2.49 bits per heavy atom. The number of rotatable bonds is 7. The van der Waals surface area contributed by atoms with Gasteiger partial charge in [0.25, 0.3) is 0 Å². The van der Waals surface area contributed by atoms with Crippen LogP contribution in [-0.2, 0) is 4.79 Å². The molecule has 4 aromatic rings. The summed E-state index contributed by atoms with van der Waals surface area (Å²) >= 11 is 7.40. The quantitative estimate of drug-likeness (QED) is 0.302. The van der Waals surface area contributed by atoms with E-state index in [1.807, 2.05) is 48.5 Å². The number of thioether (sulfide) groups is 1. The van der Waals surface area contributed by atoms with E-state index in [0.29, 0.717) is 41.2 Å². The van der Waals surface area contributed by atoms with Crippen LogP contribution in [0.2, 0.25) is 5.02 Å². The third-order valence-corrected chi connectivity index (χ3v) is 6.56. The van der Waals surface area contributed by atoms with Gasteiger partial charge in [-0.2, -0.15) is 0 Å².